The maximum atomic E-state index is 13.8. The van der Waals surface area contributed by atoms with E-state index in [0.717, 1.165) is 13.3 Å². The molecule has 0 aromatic rings. The van der Waals surface area contributed by atoms with Gasteiger partial charge in [0, 0.05) is 12.5 Å². The van der Waals surface area contributed by atoms with Gasteiger partial charge < -0.3 is 19.5 Å². The van der Waals surface area contributed by atoms with E-state index in [4.69, 9.17) is 4.55 Å². The summed E-state index contributed by atoms with van der Waals surface area (Å²) in [6, 6.07) is -0.560. The van der Waals surface area contributed by atoms with Crippen LogP contribution < -0.4 is 5.32 Å². The molecule has 0 saturated heterocycles. The molecule has 1 aliphatic rings. The number of carbonyl (C=O) groups excluding carboxylic acids is 2. The molecule has 1 amide bonds. The highest BCUT2D eigenvalue weighted by molar-refractivity contribution is 7.87. The van der Waals surface area contributed by atoms with Gasteiger partial charge in [-0.2, -0.15) is 39.2 Å². The first-order valence-electron chi connectivity index (χ1n) is 10.0. The summed E-state index contributed by atoms with van der Waals surface area (Å²) in [5, 5.41) is -3.81. The average Bonchev–Trinajstić information content (AvgIpc) is 2.69. The first-order valence-corrected chi connectivity index (χ1v) is 11.5. The van der Waals surface area contributed by atoms with Crippen molar-refractivity contribution in [3.63, 3.8) is 0 Å². The van der Waals surface area contributed by atoms with E-state index in [1.807, 2.05) is 0 Å². The van der Waals surface area contributed by atoms with E-state index in [1.54, 1.807) is 0 Å². The summed E-state index contributed by atoms with van der Waals surface area (Å²) >= 11 is 0. The Labute approximate surface area is 190 Å². The molecule has 1 saturated carbocycles. The minimum Gasteiger partial charge on any atom is -0.461 e. The quantitative estimate of drug-likeness (QED) is 0.135. The molecule has 1 aliphatic carbocycles. The molecule has 1 fully saturated rings. The number of ether oxygens (including phenoxy) is 3. The zero-order chi connectivity index (χ0) is 26.4. The number of rotatable bonds is 11. The van der Waals surface area contributed by atoms with Gasteiger partial charge in [0.05, 0.1) is 13.2 Å². The molecule has 1 rings (SSSR count). The van der Waals surface area contributed by atoms with Gasteiger partial charge in [-0.05, 0) is 26.2 Å². The molecule has 0 spiro atoms. The van der Waals surface area contributed by atoms with Crippen LogP contribution >= 0.6 is 0 Å². The van der Waals surface area contributed by atoms with Gasteiger partial charge in [-0.3, -0.25) is 4.55 Å². The van der Waals surface area contributed by atoms with Crippen molar-refractivity contribution >= 4 is 22.2 Å². The number of halogens is 7. The monoisotopic (exact) mass is 535 g/mol. The molecule has 200 valence electrons. The lowest BCUT2D eigenvalue weighted by molar-refractivity contribution is -0.350. The Balaban J connectivity index is 3.02. The van der Waals surface area contributed by atoms with Crippen LogP contribution in [-0.4, -0.2) is 67.4 Å². The van der Waals surface area contributed by atoms with Crippen molar-refractivity contribution in [3.05, 3.63) is 0 Å². The molecule has 0 aliphatic heterocycles. The predicted molar refractivity (Wildman–Crippen MR) is 98.5 cm³/mol. The van der Waals surface area contributed by atoms with Gasteiger partial charge >= 0.3 is 45.3 Å². The fourth-order valence-corrected chi connectivity index (χ4v) is 3.51. The average molecular weight is 535 g/mol. The van der Waals surface area contributed by atoms with E-state index in [9.17, 15) is 48.7 Å². The fraction of sp³-hybridized carbons (Fsp3) is 0.882. The molecule has 17 heteroatoms. The van der Waals surface area contributed by atoms with Crippen LogP contribution in [0.2, 0.25) is 0 Å². The first kappa shape index (κ1) is 30.2. The summed E-state index contributed by atoms with van der Waals surface area (Å²) in [7, 11) is -6.56. The molecule has 0 heterocycles. The number of hydrogen-bond acceptors (Lipinski definition) is 7. The molecule has 0 aromatic carbocycles. The lowest BCUT2D eigenvalue weighted by Gasteiger charge is -2.33. The Morgan fingerprint density at radius 2 is 1.59 bits per heavy atom. The first-order chi connectivity index (χ1) is 15.4. The van der Waals surface area contributed by atoms with Crippen LogP contribution in [0.15, 0.2) is 0 Å². The van der Waals surface area contributed by atoms with Crippen LogP contribution in [-0.2, 0) is 29.1 Å². The van der Waals surface area contributed by atoms with Crippen molar-refractivity contribution < 1.29 is 67.5 Å². The minimum atomic E-state index is -6.56. The highest BCUT2D eigenvalue weighted by Crippen LogP contribution is 2.42. The van der Waals surface area contributed by atoms with Gasteiger partial charge in [0.25, 0.3) is 0 Å². The van der Waals surface area contributed by atoms with Crippen LogP contribution in [0.3, 0.4) is 0 Å². The van der Waals surface area contributed by atoms with Crippen LogP contribution in [0.5, 0.6) is 0 Å². The molecule has 2 N–H and O–H groups in total. The third-order valence-corrected chi connectivity index (χ3v) is 5.72. The highest BCUT2D eigenvalue weighted by Gasteiger charge is 2.68. The Morgan fingerprint density at radius 1 is 1.03 bits per heavy atom. The number of amides is 1. The van der Waals surface area contributed by atoms with Gasteiger partial charge in [0.1, 0.15) is 0 Å². The standard InChI is InChI=1S/C17H24F7NO8S/c1-2-31-12(26)15(16(20,21)22,33-13(27)25-11-7-4-3-5-8-11)32-10-6-9-14(18,19)17(23,24)34(28,29)30/h11H,2-10H2,1H3,(H,25,27)(H,28,29,30). The van der Waals surface area contributed by atoms with Gasteiger partial charge in [-0.1, -0.05) is 19.3 Å². The molecule has 0 radical (unpaired) electrons. The largest absolute Gasteiger partial charge is 0.468 e. The number of carbonyl (C=O) groups is 2. The summed E-state index contributed by atoms with van der Waals surface area (Å²) in [6.07, 6.45) is -7.93. The molecule has 0 aromatic heterocycles. The Hall–Kier alpha value is -1.88. The van der Waals surface area contributed by atoms with Crippen molar-refractivity contribution in [1.29, 1.82) is 0 Å². The third-order valence-electron chi connectivity index (χ3n) is 4.77. The molecular formula is C17H24F7NO8S. The molecule has 1 atom stereocenters. The Bertz CT molecular complexity index is 815. The predicted octanol–water partition coefficient (Wildman–Crippen LogP) is 3.78. The second-order valence-corrected chi connectivity index (χ2v) is 8.81. The van der Waals surface area contributed by atoms with Crippen molar-refractivity contribution in [2.24, 2.45) is 0 Å². The fourth-order valence-electron chi connectivity index (χ4n) is 3.03. The minimum absolute atomic E-state index is 0.422. The van der Waals surface area contributed by atoms with E-state index in [1.165, 1.54) is 0 Å². The lowest BCUT2D eigenvalue weighted by atomic mass is 9.96. The zero-order valence-electron chi connectivity index (χ0n) is 17.8. The van der Waals surface area contributed by atoms with E-state index in [-0.39, 0.29) is 0 Å². The second kappa shape index (κ2) is 11.2. The summed E-state index contributed by atoms with van der Waals surface area (Å²) in [5.74, 6) is -12.1. The summed E-state index contributed by atoms with van der Waals surface area (Å²) in [5.41, 5.74) is 0. The summed E-state index contributed by atoms with van der Waals surface area (Å²) < 4.78 is 137. The van der Waals surface area contributed by atoms with Gasteiger partial charge in [-0.15, -0.1) is 0 Å². The summed E-state index contributed by atoms with van der Waals surface area (Å²) in [4.78, 5) is 24.1. The number of alkyl carbamates (subject to hydrolysis) is 1. The SMILES string of the molecule is CCOC(=O)C(OCCCC(F)(F)C(F)(F)S(=O)(=O)O)(OC(=O)NC1CCCCC1)C(F)(F)F. The molecule has 1 unspecified atom stereocenters. The topological polar surface area (TPSA) is 128 Å². The molecule has 34 heavy (non-hydrogen) atoms. The maximum Gasteiger partial charge on any atom is 0.468 e. The van der Waals surface area contributed by atoms with Gasteiger partial charge in [0.15, 0.2) is 0 Å². The van der Waals surface area contributed by atoms with Crippen LogP contribution in [0.25, 0.3) is 0 Å². The van der Waals surface area contributed by atoms with E-state index in [2.05, 4.69) is 19.5 Å². The molecular weight excluding hydrogens is 511 g/mol. The Kier molecular flexibility index (Phi) is 9.97. The van der Waals surface area contributed by atoms with Crippen molar-refractivity contribution in [2.75, 3.05) is 13.2 Å². The van der Waals surface area contributed by atoms with Gasteiger partial charge in [-0.25, -0.2) is 9.59 Å². The highest BCUT2D eigenvalue weighted by atomic mass is 32.2. The van der Waals surface area contributed by atoms with Crippen molar-refractivity contribution in [2.45, 2.75) is 81.1 Å². The van der Waals surface area contributed by atoms with Crippen molar-refractivity contribution in [1.82, 2.24) is 5.32 Å². The maximum absolute atomic E-state index is 13.8. The number of nitrogens with one attached hydrogen (secondary N) is 1. The smallest absolute Gasteiger partial charge is 0.461 e. The van der Waals surface area contributed by atoms with E-state index < -0.39 is 77.4 Å². The van der Waals surface area contributed by atoms with E-state index in [0.29, 0.717) is 25.7 Å². The third kappa shape index (κ3) is 7.07. The van der Waals surface area contributed by atoms with Crippen LogP contribution in [0.4, 0.5) is 35.5 Å². The molecule has 0 bridgehead atoms. The number of hydrogen-bond donors (Lipinski definition) is 2. The zero-order valence-corrected chi connectivity index (χ0v) is 18.6. The van der Waals surface area contributed by atoms with E-state index >= 15 is 0 Å². The number of alkyl halides is 7. The molecule has 9 nitrogen and oxygen atoms in total. The van der Waals surface area contributed by atoms with Gasteiger partial charge in [0.2, 0.25) is 0 Å². The Morgan fingerprint density at radius 3 is 2.06 bits per heavy atom. The second-order valence-electron chi connectivity index (χ2n) is 7.35. The summed E-state index contributed by atoms with van der Waals surface area (Å²) in [6.45, 7) is -1.04. The van der Waals surface area contributed by atoms with Crippen LogP contribution in [0.1, 0.15) is 51.9 Å². The lowest BCUT2D eigenvalue weighted by Crippen LogP contribution is -2.60. The number of esters is 1. The van der Waals surface area contributed by atoms with Crippen molar-refractivity contribution in [3.8, 4) is 0 Å². The van der Waals surface area contributed by atoms with Crippen LogP contribution in [0, 0.1) is 0 Å². The normalized spacial score (nSPS) is 18.1.